The van der Waals surface area contributed by atoms with E-state index < -0.39 is 0 Å². The smallest absolute Gasteiger partial charge is 0.255 e. The fourth-order valence-electron chi connectivity index (χ4n) is 2.32. The van der Waals surface area contributed by atoms with E-state index in [2.05, 4.69) is 26.3 Å². The average Bonchev–Trinajstić information content (AvgIpc) is 2.97. The van der Waals surface area contributed by atoms with E-state index in [4.69, 9.17) is 0 Å². The zero-order chi connectivity index (χ0) is 16.4. The molecular formula is C18H16BrN3O. The summed E-state index contributed by atoms with van der Waals surface area (Å²) in [6.45, 7) is 3.98. The molecule has 2 aromatic carbocycles. The van der Waals surface area contributed by atoms with Crippen molar-refractivity contribution in [1.29, 1.82) is 0 Å². The van der Waals surface area contributed by atoms with Gasteiger partial charge in [0.1, 0.15) is 0 Å². The van der Waals surface area contributed by atoms with Crippen molar-refractivity contribution < 1.29 is 4.79 Å². The summed E-state index contributed by atoms with van der Waals surface area (Å²) in [5.41, 5.74) is 4.45. The molecule has 3 aromatic rings. The molecule has 0 atom stereocenters. The van der Waals surface area contributed by atoms with Crippen LogP contribution in [0.25, 0.3) is 5.69 Å². The maximum Gasteiger partial charge on any atom is 0.255 e. The highest BCUT2D eigenvalue weighted by Gasteiger charge is 2.08. The third kappa shape index (κ3) is 3.35. The molecule has 0 bridgehead atoms. The van der Waals surface area contributed by atoms with E-state index in [0.29, 0.717) is 5.56 Å². The van der Waals surface area contributed by atoms with E-state index in [0.717, 1.165) is 27.1 Å². The first-order valence-electron chi connectivity index (χ1n) is 7.23. The summed E-state index contributed by atoms with van der Waals surface area (Å²) in [7, 11) is 0. The molecule has 1 heterocycles. The van der Waals surface area contributed by atoms with Crippen LogP contribution in [0.3, 0.4) is 0 Å². The number of hydrogen-bond donors (Lipinski definition) is 1. The normalized spacial score (nSPS) is 10.6. The number of carbonyl (C=O) groups is 1. The molecule has 4 nitrogen and oxygen atoms in total. The number of carbonyl (C=O) groups excluding carboxylic acids is 1. The van der Waals surface area contributed by atoms with Gasteiger partial charge in [-0.05, 0) is 67.9 Å². The fourth-order valence-corrected chi connectivity index (χ4v) is 2.57. The van der Waals surface area contributed by atoms with Crippen molar-refractivity contribution in [2.75, 3.05) is 5.32 Å². The van der Waals surface area contributed by atoms with Gasteiger partial charge in [0.05, 0.1) is 5.69 Å². The van der Waals surface area contributed by atoms with Crippen molar-refractivity contribution >= 4 is 27.5 Å². The average molecular weight is 370 g/mol. The Morgan fingerprint density at radius 2 is 1.83 bits per heavy atom. The number of rotatable bonds is 3. The van der Waals surface area contributed by atoms with Crippen LogP contribution in [0, 0.1) is 13.8 Å². The van der Waals surface area contributed by atoms with Crippen molar-refractivity contribution in [3.05, 3.63) is 76.0 Å². The molecule has 0 saturated heterocycles. The zero-order valence-electron chi connectivity index (χ0n) is 12.9. The van der Waals surface area contributed by atoms with Gasteiger partial charge >= 0.3 is 0 Å². The second-order valence-electron chi connectivity index (χ2n) is 5.35. The van der Waals surface area contributed by atoms with Crippen LogP contribution < -0.4 is 5.32 Å². The Morgan fingerprint density at radius 1 is 1.09 bits per heavy atom. The van der Waals surface area contributed by atoms with Gasteiger partial charge in [0.15, 0.2) is 0 Å². The van der Waals surface area contributed by atoms with Gasteiger partial charge in [-0.1, -0.05) is 15.9 Å². The molecule has 0 saturated carbocycles. The number of benzene rings is 2. The lowest BCUT2D eigenvalue weighted by molar-refractivity contribution is 0.102. The fraction of sp³-hybridized carbons (Fsp3) is 0.111. The van der Waals surface area contributed by atoms with E-state index in [1.807, 2.05) is 54.9 Å². The van der Waals surface area contributed by atoms with Crippen molar-refractivity contribution in [2.24, 2.45) is 0 Å². The van der Waals surface area contributed by atoms with Gasteiger partial charge in [0, 0.05) is 27.6 Å². The number of amides is 1. The van der Waals surface area contributed by atoms with E-state index in [1.54, 1.807) is 18.3 Å². The largest absolute Gasteiger partial charge is 0.322 e. The first kappa shape index (κ1) is 15.5. The number of nitrogens with zero attached hydrogens (tertiary/aromatic N) is 2. The molecule has 23 heavy (non-hydrogen) atoms. The summed E-state index contributed by atoms with van der Waals surface area (Å²) in [5.74, 6) is -0.129. The van der Waals surface area contributed by atoms with Crippen molar-refractivity contribution in [2.45, 2.75) is 13.8 Å². The predicted octanol–water partition coefficient (Wildman–Crippen LogP) is 4.50. The van der Waals surface area contributed by atoms with Gasteiger partial charge in [-0.2, -0.15) is 5.10 Å². The third-order valence-electron chi connectivity index (χ3n) is 3.62. The SMILES string of the molecule is Cc1cc(NC(=O)c2ccc(-n3nccc3C)cc2)ccc1Br. The van der Waals surface area contributed by atoms with Crippen LogP contribution in [0.4, 0.5) is 5.69 Å². The maximum atomic E-state index is 12.3. The van der Waals surface area contributed by atoms with Crippen LogP contribution in [0.2, 0.25) is 0 Å². The number of halogens is 1. The summed E-state index contributed by atoms with van der Waals surface area (Å²) >= 11 is 3.45. The summed E-state index contributed by atoms with van der Waals surface area (Å²) in [6.07, 6.45) is 1.76. The number of anilines is 1. The highest BCUT2D eigenvalue weighted by molar-refractivity contribution is 9.10. The minimum Gasteiger partial charge on any atom is -0.322 e. The summed E-state index contributed by atoms with van der Waals surface area (Å²) in [5, 5.41) is 7.17. The lowest BCUT2D eigenvalue weighted by atomic mass is 10.1. The number of aromatic nitrogens is 2. The first-order valence-corrected chi connectivity index (χ1v) is 8.02. The molecule has 3 rings (SSSR count). The Morgan fingerprint density at radius 3 is 2.43 bits per heavy atom. The highest BCUT2D eigenvalue weighted by atomic mass is 79.9. The Kier molecular flexibility index (Phi) is 4.30. The minimum absolute atomic E-state index is 0.129. The van der Waals surface area contributed by atoms with E-state index in [9.17, 15) is 4.79 Å². The highest BCUT2D eigenvalue weighted by Crippen LogP contribution is 2.20. The monoisotopic (exact) mass is 369 g/mol. The molecule has 0 radical (unpaired) electrons. The number of hydrogen-bond acceptors (Lipinski definition) is 2. The van der Waals surface area contributed by atoms with Gasteiger partial charge in [-0.15, -0.1) is 0 Å². The number of nitrogens with one attached hydrogen (secondary N) is 1. The Bertz CT molecular complexity index is 853. The standard InChI is InChI=1S/C18H16BrN3O/c1-12-11-15(5-8-17(12)19)21-18(23)14-3-6-16(7-4-14)22-13(2)9-10-20-22/h3-11H,1-2H3,(H,21,23). The van der Waals surface area contributed by atoms with Gasteiger partial charge < -0.3 is 5.32 Å². The minimum atomic E-state index is -0.129. The molecule has 0 unspecified atom stereocenters. The zero-order valence-corrected chi connectivity index (χ0v) is 14.5. The van der Waals surface area contributed by atoms with Crippen LogP contribution >= 0.6 is 15.9 Å². The van der Waals surface area contributed by atoms with Crippen LogP contribution in [0.15, 0.2) is 59.2 Å². The Balaban J connectivity index is 1.77. The molecule has 0 fully saturated rings. The molecule has 0 aliphatic heterocycles. The van der Waals surface area contributed by atoms with Crippen LogP contribution in [0.5, 0.6) is 0 Å². The van der Waals surface area contributed by atoms with Gasteiger partial charge in [0.25, 0.3) is 5.91 Å². The molecule has 0 spiro atoms. The Labute approximate surface area is 143 Å². The quantitative estimate of drug-likeness (QED) is 0.738. The van der Waals surface area contributed by atoms with Crippen LogP contribution in [-0.2, 0) is 0 Å². The molecule has 116 valence electrons. The predicted molar refractivity (Wildman–Crippen MR) is 95.1 cm³/mol. The summed E-state index contributed by atoms with van der Waals surface area (Å²) < 4.78 is 2.86. The molecule has 1 amide bonds. The van der Waals surface area contributed by atoms with Crippen molar-refractivity contribution in [1.82, 2.24) is 9.78 Å². The molecule has 5 heteroatoms. The second-order valence-corrected chi connectivity index (χ2v) is 6.20. The van der Waals surface area contributed by atoms with E-state index in [-0.39, 0.29) is 5.91 Å². The Hall–Kier alpha value is -2.40. The van der Waals surface area contributed by atoms with Crippen LogP contribution in [0.1, 0.15) is 21.6 Å². The molecule has 0 aliphatic rings. The molecule has 1 aromatic heterocycles. The lowest BCUT2D eigenvalue weighted by Gasteiger charge is -2.08. The molecular weight excluding hydrogens is 354 g/mol. The van der Waals surface area contributed by atoms with Gasteiger partial charge in [-0.3, -0.25) is 4.79 Å². The first-order chi connectivity index (χ1) is 11.0. The van der Waals surface area contributed by atoms with E-state index in [1.165, 1.54) is 0 Å². The summed E-state index contributed by atoms with van der Waals surface area (Å²) in [6, 6.07) is 15.1. The van der Waals surface area contributed by atoms with Crippen LogP contribution in [-0.4, -0.2) is 15.7 Å². The summed E-state index contributed by atoms with van der Waals surface area (Å²) in [4.78, 5) is 12.3. The lowest BCUT2D eigenvalue weighted by Crippen LogP contribution is -2.12. The third-order valence-corrected chi connectivity index (χ3v) is 4.51. The second kappa shape index (κ2) is 6.38. The molecule has 0 aliphatic carbocycles. The van der Waals surface area contributed by atoms with Crippen molar-refractivity contribution in [3.63, 3.8) is 0 Å². The molecule has 1 N–H and O–H groups in total. The van der Waals surface area contributed by atoms with Gasteiger partial charge in [-0.25, -0.2) is 4.68 Å². The topological polar surface area (TPSA) is 46.9 Å². The number of aryl methyl sites for hydroxylation is 2. The van der Waals surface area contributed by atoms with Crippen molar-refractivity contribution in [3.8, 4) is 5.69 Å². The van der Waals surface area contributed by atoms with E-state index >= 15 is 0 Å². The van der Waals surface area contributed by atoms with Gasteiger partial charge in [0.2, 0.25) is 0 Å². The maximum absolute atomic E-state index is 12.3.